The third-order valence-electron chi connectivity index (χ3n) is 3.07. The Kier molecular flexibility index (Phi) is 3.54. The molecule has 0 fully saturated rings. The molecule has 0 spiro atoms. The first-order valence-electron chi connectivity index (χ1n) is 6.01. The van der Waals surface area contributed by atoms with Gasteiger partial charge in [-0.1, -0.05) is 18.2 Å². The molecule has 0 saturated carbocycles. The van der Waals surface area contributed by atoms with Crippen molar-refractivity contribution in [1.29, 1.82) is 0 Å². The van der Waals surface area contributed by atoms with Gasteiger partial charge in [0.15, 0.2) is 5.78 Å². The minimum absolute atomic E-state index is 0.0549. The van der Waals surface area contributed by atoms with Crippen LogP contribution in [0.3, 0.4) is 0 Å². The van der Waals surface area contributed by atoms with Crippen LogP contribution >= 0.6 is 27.3 Å². The van der Waals surface area contributed by atoms with E-state index in [1.165, 1.54) is 22.0 Å². The smallest absolute Gasteiger partial charge is 0.251 e. The SMILES string of the molecule is O=C(Cn1c(=O)ccc2ccccc21)c1sccc1Br. The summed E-state index contributed by atoms with van der Waals surface area (Å²) in [6.45, 7) is 0.0549. The van der Waals surface area contributed by atoms with Gasteiger partial charge in [-0.05, 0) is 44.9 Å². The van der Waals surface area contributed by atoms with Gasteiger partial charge in [0.05, 0.1) is 16.9 Å². The first-order valence-corrected chi connectivity index (χ1v) is 7.69. The number of nitrogens with zero attached hydrogens (tertiary/aromatic N) is 1. The van der Waals surface area contributed by atoms with Gasteiger partial charge in [-0.15, -0.1) is 11.3 Å². The van der Waals surface area contributed by atoms with Crippen molar-refractivity contribution >= 4 is 44.0 Å². The number of Topliss-reactive ketones (excluding diaryl/α,β-unsaturated/α-hetero) is 1. The zero-order valence-corrected chi connectivity index (χ0v) is 12.8. The number of carbonyl (C=O) groups excluding carboxylic acids is 1. The highest BCUT2D eigenvalue weighted by Gasteiger charge is 2.14. The Bertz CT molecular complexity index is 850. The molecule has 1 aromatic carbocycles. The van der Waals surface area contributed by atoms with Crippen molar-refractivity contribution in [2.75, 3.05) is 0 Å². The molecular weight excluding hydrogens is 338 g/mol. The van der Waals surface area contributed by atoms with Crippen LogP contribution in [0.25, 0.3) is 10.9 Å². The fourth-order valence-electron chi connectivity index (χ4n) is 2.12. The Morgan fingerprint density at radius 3 is 2.70 bits per heavy atom. The number of hydrogen-bond acceptors (Lipinski definition) is 3. The summed E-state index contributed by atoms with van der Waals surface area (Å²) >= 11 is 4.73. The van der Waals surface area contributed by atoms with Gasteiger partial charge < -0.3 is 4.57 Å². The number of rotatable bonds is 3. The molecule has 0 aliphatic rings. The molecule has 5 heteroatoms. The maximum atomic E-state index is 12.3. The average Bonchev–Trinajstić information content (AvgIpc) is 2.88. The number of ketones is 1. The second kappa shape index (κ2) is 5.34. The van der Waals surface area contributed by atoms with Crippen molar-refractivity contribution in [2.45, 2.75) is 6.54 Å². The van der Waals surface area contributed by atoms with Crippen LogP contribution in [0.5, 0.6) is 0 Å². The van der Waals surface area contributed by atoms with Crippen molar-refractivity contribution in [1.82, 2.24) is 4.57 Å². The van der Waals surface area contributed by atoms with Gasteiger partial charge in [-0.3, -0.25) is 9.59 Å². The summed E-state index contributed by atoms with van der Waals surface area (Å²) in [4.78, 5) is 25.0. The molecule has 2 heterocycles. The van der Waals surface area contributed by atoms with E-state index in [1.807, 2.05) is 35.7 Å². The third kappa shape index (κ3) is 2.34. The van der Waals surface area contributed by atoms with Crippen LogP contribution in [-0.2, 0) is 6.54 Å². The molecular formula is C15H10BrNO2S. The Morgan fingerprint density at radius 2 is 1.95 bits per heavy atom. The predicted octanol–water partition coefficient (Wildman–Crippen LogP) is 3.71. The molecule has 20 heavy (non-hydrogen) atoms. The van der Waals surface area contributed by atoms with E-state index >= 15 is 0 Å². The highest BCUT2D eigenvalue weighted by molar-refractivity contribution is 9.10. The molecule has 0 unspecified atom stereocenters. The van der Waals surface area contributed by atoms with E-state index in [0.717, 1.165) is 15.4 Å². The number of pyridine rings is 1. The lowest BCUT2D eigenvalue weighted by molar-refractivity contribution is 0.0975. The molecule has 0 aliphatic carbocycles. The van der Waals surface area contributed by atoms with E-state index in [9.17, 15) is 9.59 Å². The minimum Gasteiger partial charge on any atom is -0.300 e. The summed E-state index contributed by atoms with van der Waals surface area (Å²) in [5.41, 5.74) is 0.616. The van der Waals surface area contributed by atoms with Gasteiger partial charge in [0.1, 0.15) is 0 Å². The summed E-state index contributed by atoms with van der Waals surface area (Å²) in [6, 6.07) is 12.7. The largest absolute Gasteiger partial charge is 0.300 e. The van der Waals surface area contributed by atoms with E-state index in [4.69, 9.17) is 0 Å². The quantitative estimate of drug-likeness (QED) is 0.677. The highest BCUT2D eigenvalue weighted by atomic mass is 79.9. The number of carbonyl (C=O) groups is 1. The summed E-state index contributed by atoms with van der Waals surface area (Å²) in [5.74, 6) is -0.0645. The lowest BCUT2D eigenvalue weighted by Gasteiger charge is -2.08. The van der Waals surface area contributed by atoms with Crippen molar-refractivity contribution in [2.24, 2.45) is 0 Å². The molecule has 100 valence electrons. The van der Waals surface area contributed by atoms with Crippen molar-refractivity contribution in [3.05, 3.63) is 67.5 Å². The van der Waals surface area contributed by atoms with Gasteiger partial charge >= 0.3 is 0 Å². The molecule has 0 bridgehead atoms. The molecule has 0 radical (unpaired) electrons. The van der Waals surface area contributed by atoms with Crippen LogP contribution < -0.4 is 5.56 Å². The topological polar surface area (TPSA) is 39.1 Å². The first kappa shape index (κ1) is 13.3. The van der Waals surface area contributed by atoms with Crippen molar-refractivity contribution in [3.63, 3.8) is 0 Å². The van der Waals surface area contributed by atoms with Gasteiger partial charge in [0.25, 0.3) is 5.56 Å². The molecule has 0 aliphatic heterocycles. The molecule has 0 atom stereocenters. The fraction of sp³-hybridized carbons (Fsp3) is 0.0667. The molecule has 0 N–H and O–H groups in total. The number of halogens is 1. The van der Waals surface area contributed by atoms with E-state index in [2.05, 4.69) is 15.9 Å². The van der Waals surface area contributed by atoms with Gasteiger partial charge in [-0.2, -0.15) is 0 Å². The fourth-order valence-corrected chi connectivity index (χ4v) is 3.64. The first-order chi connectivity index (χ1) is 9.66. The maximum absolute atomic E-state index is 12.3. The van der Waals surface area contributed by atoms with Crippen LogP contribution in [0.4, 0.5) is 0 Å². The molecule has 3 aromatic rings. The summed E-state index contributed by atoms with van der Waals surface area (Å²) in [7, 11) is 0. The van der Waals surface area contributed by atoms with Crippen molar-refractivity contribution < 1.29 is 4.79 Å². The number of hydrogen-bond donors (Lipinski definition) is 0. The summed E-state index contributed by atoms with van der Waals surface area (Å²) < 4.78 is 2.30. The molecule has 3 nitrogen and oxygen atoms in total. The molecule has 3 rings (SSSR count). The van der Waals surface area contributed by atoms with Crippen LogP contribution in [-0.4, -0.2) is 10.4 Å². The van der Waals surface area contributed by atoms with Crippen LogP contribution in [0.1, 0.15) is 9.67 Å². The van der Waals surface area contributed by atoms with Gasteiger partial charge in [0.2, 0.25) is 0 Å². The lowest BCUT2D eigenvalue weighted by atomic mass is 10.2. The number of thiophene rings is 1. The Balaban J connectivity index is 2.07. The predicted molar refractivity (Wildman–Crippen MR) is 84.6 cm³/mol. The number of benzene rings is 1. The van der Waals surface area contributed by atoms with Crippen LogP contribution in [0.2, 0.25) is 0 Å². The Labute approximate surface area is 127 Å². The summed E-state index contributed by atoms with van der Waals surface area (Å²) in [5, 5.41) is 2.80. The van der Waals surface area contributed by atoms with Crippen LogP contribution in [0, 0.1) is 0 Å². The zero-order chi connectivity index (χ0) is 14.1. The number of aromatic nitrogens is 1. The Morgan fingerprint density at radius 1 is 1.15 bits per heavy atom. The van der Waals surface area contributed by atoms with E-state index in [0.29, 0.717) is 4.88 Å². The van der Waals surface area contributed by atoms with E-state index < -0.39 is 0 Å². The minimum atomic E-state index is -0.162. The molecule has 2 aromatic heterocycles. The van der Waals surface area contributed by atoms with Gasteiger partial charge in [-0.25, -0.2) is 0 Å². The zero-order valence-electron chi connectivity index (χ0n) is 10.4. The molecule has 0 amide bonds. The summed E-state index contributed by atoms with van der Waals surface area (Å²) in [6.07, 6.45) is 0. The highest BCUT2D eigenvalue weighted by Crippen LogP contribution is 2.23. The number of para-hydroxylation sites is 1. The third-order valence-corrected chi connectivity index (χ3v) is 4.95. The monoisotopic (exact) mass is 347 g/mol. The van der Waals surface area contributed by atoms with E-state index in [1.54, 1.807) is 6.07 Å². The van der Waals surface area contributed by atoms with Gasteiger partial charge in [0, 0.05) is 10.5 Å². The normalized spacial score (nSPS) is 10.8. The second-order valence-electron chi connectivity index (χ2n) is 4.34. The average molecular weight is 348 g/mol. The van der Waals surface area contributed by atoms with Crippen molar-refractivity contribution in [3.8, 4) is 0 Å². The number of fused-ring (bicyclic) bond motifs is 1. The van der Waals surface area contributed by atoms with E-state index in [-0.39, 0.29) is 17.9 Å². The maximum Gasteiger partial charge on any atom is 0.251 e. The standard InChI is InChI=1S/C15H10BrNO2S/c16-11-7-8-20-15(11)13(18)9-17-12-4-2-1-3-10(12)5-6-14(17)19/h1-8H,9H2. The van der Waals surface area contributed by atoms with Crippen LogP contribution in [0.15, 0.2) is 57.1 Å². The molecule has 0 saturated heterocycles. The Hall–Kier alpha value is -1.72. The lowest BCUT2D eigenvalue weighted by Crippen LogP contribution is -2.23. The second-order valence-corrected chi connectivity index (χ2v) is 6.11.